The minimum absolute atomic E-state index is 0.212. The molecule has 78 valence electrons. The summed E-state index contributed by atoms with van der Waals surface area (Å²) in [5, 5.41) is 3.86. The summed E-state index contributed by atoms with van der Waals surface area (Å²) in [6.45, 7) is 1.85. The van der Waals surface area contributed by atoms with Gasteiger partial charge in [-0.2, -0.15) is 0 Å². The summed E-state index contributed by atoms with van der Waals surface area (Å²) < 4.78 is 17.8. The SMILES string of the molecule is Cc1cc(CSc2cccc(F)c2)no1. The van der Waals surface area contributed by atoms with Crippen LogP contribution in [0.15, 0.2) is 39.8 Å². The normalized spacial score (nSPS) is 10.5. The Bertz CT molecular complexity index is 455. The van der Waals surface area contributed by atoms with Gasteiger partial charge in [0.1, 0.15) is 11.6 Å². The highest BCUT2D eigenvalue weighted by Crippen LogP contribution is 2.22. The molecule has 1 heterocycles. The average Bonchev–Trinajstić information content (AvgIpc) is 2.62. The Morgan fingerprint density at radius 2 is 2.27 bits per heavy atom. The van der Waals surface area contributed by atoms with Gasteiger partial charge in [-0.05, 0) is 25.1 Å². The highest BCUT2D eigenvalue weighted by molar-refractivity contribution is 7.98. The molecule has 0 amide bonds. The van der Waals surface area contributed by atoms with Gasteiger partial charge in [-0.25, -0.2) is 4.39 Å². The van der Waals surface area contributed by atoms with Gasteiger partial charge in [-0.1, -0.05) is 11.2 Å². The smallest absolute Gasteiger partial charge is 0.133 e. The summed E-state index contributed by atoms with van der Waals surface area (Å²) in [4.78, 5) is 0.899. The first-order valence-electron chi connectivity index (χ1n) is 4.54. The maximum absolute atomic E-state index is 12.8. The monoisotopic (exact) mass is 223 g/mol. The zero-order chi connectivity index (χ0) is 10.7. The van der Waals surface area contributed by atoms with Gasteiger partial charge in [0.15, 0.2) is 0 Å². The Morgan fingerprint density at radius 1 is 1.40 bits per heavy atom. The topological polar surface area (TPSA) is 26.0 Å². The lowest BCUT2D eigenvalue weighted by molar-refractivity contribution is 0.393. The number of nitrogens with zero attached hydrogens (tertiary/aromatic N) is 1. The molecule has 0 aliphatic heterocycles. The fourth-order valence-electron chi connectivity index (χ4n) is 1.20. The summed E-state index contributed by atoms with van der Waals surface area (Å²) in [5.41, 5.74) is 0.877. The number of thioether (sulfide) groups is 1. The number of hydrogen-bond donors (Lipinski definition) is 0. The highest BCUT2D eigenvalue weighted by atomic mass is 32.2. The van der Waals surface area contributed by atoms with Crippen molar-refractivity contribution < 1.29 is 8.91 Å². The molecule has 1 aromatic heterocycles. The summed E-state index contributed by atoms with van der Waals surface area (Å²) in [6, 6.07) is 8.40. The molecule has 1 aromatic carbocycles. The molecule has 2 aromatic rings. The fraction of sp³-hybridized carbons (Fsp3) is 0.182. The van der Waals surface area contributed by atoms with Crippen LogP contribution in [0.25, 0.3) is 0 Å². The van der Waals surface area contributed by atoms with Crippen LogP contribution in [0.5, 0.6) is 0 Å². The molecule has 0 aliphatic rings. The van der Waals surface area contributed by atoms with E-state index < -0.39 is 0 Å². The van der Waals surface area contributed by atoms with Gasteiger partial charge in [0.25, 0.3) is 0 Å². The Balaban J connectivity index is 1.99. The lowest BCUT2D eigenvalue weighted by Gasteiger charge is -1.98. The largest absolute Gasteiger partial charge is 0.361 e. The van der Waals surface area contributed by atoms with Crippen molar-refractivity contribution in [2.24, 2.45) is 0 Å². The average molecular weight is 223 g/mol. The molecular weight excluding hydrogens is 213 g/mol. The van der Waals surface area contributed by atoms with Crippen LogP contribution in [0.1, 0.15) is 11.5 Å². The molecule has 0 atom stereocenters. The van der Waals surface area contributed by atoms with E-state index >= 15 is 0 Å². The molecule has 0 unspecified atom stereocenters. The summed E-state index contributed by atoms with van der Waals surface area (Å²) in [6.07, 6.45) is 0. The van der Waals surface area contributed by atoms with Crippen LogP contribution in [0.3, 0.4) is 0 Å². The van der Waals surface area contributed by atoms with Gasteiger partial charge in [-0.3, -0.25) is 0 Å². The van der Waals surface area contributed by atoms with E-state index in [4.69, 9.17) is 4.52 Å². The van der Waals surface area contributed by atoms with E-state index in [0.717, 1.165) is 16.3 Å². The van der Waals surface area contributed by atoms with Crippen LogP contribution in [0, 0.1) is 12.7 Å². The predicted octanol–water partition coefficient (Wildman–Crippen LogP) is 3.41. The molecular formula is C11H10FNOS. The first-order valence-corrected chi connectivity index (χ1v) is 5.53. The van der Waals surface area contributed by atoms with Gasteiger partial charge >= 0.3 is 0 Å². The Kier molecular flexibility index (Phi) is 3.06. The van der Waals surface area contributed by atoms with Crippen molar-refractivity contribution in [2.45, 2.75) is 17.6 Å². The van der Waals surface area contributed by atoms with Crippen LogP contribution in [-0.4, -0.2) is 5.16 Å². The van der Waals surface area contributed by atoms with Gasteiger partial charge in [-0.15, -0.1) is 11.8 Å². The van der Waals surface area contributed by atoms with Crippen molar-refractivity contribution in [3.05, 3.63) is 47.6 Å². The van der Waals surface area contributed by atoms with E-state index in [1.54, 1.807) is 6.07 Å². The van der Waals surface area contributed by atoms with E-state index in [-0.39, 0.29) is 5.82 Å². The molecule has 0 spiro atoms. The lowest BCUT2D eigenvalue weighted by atomic mass is 10.4. The van der Waals surface area contributed by atoms with Gasteiger partial charge in [0.2, 0.25) is 0 Å². The molecule has 0 saturated heterocycles. The van der Waals surface area contributed by atoms with Gasteiger partial charge in [0.05, 0.1) is 5.69 Å². The van der Waals surface area contributed by atoms with Gasteiger partial charge < -0.3 is 4.52 Å². The molecule has 15 heavy (non-hydrogen) atoms. The number of hydrogen-bond acceptors (Lipinski definition) is 3. The third-order valence-electron chi connectivity index (χ3n) is 1.86. The molecule has 0 aliphatic carbocycles. The van der Waals surface area contributed by atoms with Crippen LogP contribution in [-0.2, 0) is 5.75 Å². The number of aromatic nitrogens is 1. The van der Waals surface area contributed by atoms with Crippen molar-refractivity contribution in [1.82, 2.24) is 5.16 Å². The van der Waals surface area contributed by atoms with Crippen molar-refractivity contribution in [2.75, 3.05) is 0 Å². The lowest BCUT2D eigenvalue weighted by Crippen LogP contribution is -1.80. The molecule has 0 saturated carbocycles. The summed E-state index contributed by atoms with van der Waals surface area (Å²) >= 11 is 1.54. The second-order valence-corrected chi connectivity index (χ2v) is 4.22. The summed E-state index contributed by atoms with van der Waals surface area (Å²) in [7, 11) is 0. The fourth-order valence-corrected chi connectivity index (χ4v) is 2.02. The predicted molar refractivity (Wildman–Crippen MR) is 57.2 cm³/mol. The van der Waals surface area contributed by atoms with Crippen molar-refractivity contribution in [1.29, 1.82) is 0 Å². The van der Waals surface area contributed by atoms with Crippen molar-refractivity contribution in [3.63, 3.8) is 0 Å². The second-order valence-electron chi connectivity index (χ2n) is 3.17. The maximum Gasteiger partial charge on any atom is 0.133 e. The third kappa shape index (κ3) is 2.83. The first kappa shape index (κ1) is 10.2. The zero-order valence-corrected chi connectivity index (χ0v) is 9.05. The van der Waals surface area contributed by atoms with Crippen molar-refractivity contribution >= 4 is 11.8 Å². The second kappa shape index (κ2) is 4.49. The zero-order valence-electron chi connectivity index (χ0n) is 8.24. The minimum Gasteiger partial charge on any atom is -0.361 e. The molecule has 4 heteroatoms. The number of rotatable bonds is 3. The molecule has 0 fully saturated rings. The standard InChI is InChI=1S/C11H10FNOS/c1-8-5-10(13-14-8)7-15-11-4-2-3-9(12)6-11/h2-6H,7H2,1H3. The molecule has 0 bridgehead atoms. The maximum atomic E-state index is 12.8. The van der Waals surface area contributed by atoms with E-state index in [1.165, 1.54) is 23.9 Å². The Hall–Kier alpha value is -1.29. The van der Waals surface area contributed by atoms with E-state index in [9.17, 15) is 4.39 Å². The highest BCUT2D eigenvalue weighted by Gasteiger charge is 2.02. The van der Waals surface area contributed by atoms with Crippen molar-refractivity contribution in [3.8, 4) is 0 Å². The minimum atomic E-state index is -0.212. The van der Waals surface area contributed by atoms with Crippen LogP contribution < -0.4 is 0 Å². The summed E-state index contributed by atoms with van der Waals surface area (Å²) in [5.74, 6) is 1.28. The quantitative estimate of drug-likeness (QED) is 0.746. The Labute approximate surface area is 91.5 Å². The third-order valence-corrected chi connectivity index (χ3v) is 2.89. The number of aryl methyl sites for hydroxylation is 1. The molecule has 2 rings (SSSR count). The number of halogens is 1. The van der Waals surface area contributed by atoms with Crippen LogP contribution in [0.4, 0.5) is 4.39 Å². The Morgan fingerprint density at radius 3 is 2.93 bits per heavy atom. The molecule has 0 radical (unpaired) electrons. The molecule has 2 nitrogen and oxygen atoms in total. The van der Waals surface area contributed by atoms with E-state index in [0.29, 0.717) is 5.75 Å². The molecule has 0 N–H and O–H groups in total. The van der Waals surface area contributed by atoms with Gasteiger partial charge in [0, 0.05) is 16.7 Å². The first-order chi connectivity index (χ1) is 7.24. The number of benzene rings is 1. The van der Waals surface area contributed by atoms with E-state index in [2.05, 4.69) is 5.16 Å². The van der Waals surface area contributed by atoms with Crippen LogP contribution >= 0.6 is 11.8 Å². The van der Waals surface area contributed by atoms with Crippen LogP contribution in [0.2, 0.25) is 0 Å². The van der Waals surface area contributed by atoms with E-state index in [1.807, 2.05) is 19.1 Å².